The quantitative estimate of drug-likeness (QED) is 0.486. The Hall–Kier alpha value is -3.80. The molecule has 2 aromatic carbocycles. The van der Waals surface area contributed by atoms with Crippen molar-refractivity contribution in [2.24, 2.45) is 0 Å². The summed E-state index contributed by atoms with van der Waals surface area (Å²) in [5.74, 6) is 0.503. The predicted octanol–water partition coefficient (Wildman–Crippen LogP) is 4.04. The summed E-state index contributed by atoms with van der Waals surface area (Å²) in [5, 5.41) is 24.4. The van der Waals surface area contributed by atoms with E-state index in [4.69, 9.17) is 4.52 Å². The summed E-state index contributed by atoms with van der Waals surface area (Å²) in [6.45, 7) is 1.28. The Morgan fingerprint density at radius 1 is 1.28 bits per heavy atom. The summed E-state index contributed by atoms with van der Waals surface area (Å²) < 4.78 is 18.5. The summed E-state index contributed by atoms with van der Waals surface area (Å²) >= 11 is 0. The molecule has 4 rings (SSSR count). The standard InChI is InChI=1S/C20H16FN5O3/c21-16-5-3-13(4-6-16)19-23-20(29-24-19)14-2-1-9-25(12-14)18-8-7-17(26(27)28)10-15(18)11-22/h3-8,10,14H,1-2,9,12H2/t14-/m0/s1. The van der Waals surface area contributed by atoms with E-state index < -0.39 is 4.92 Å². The molecule has 0 saturated carbocycles. The summed E-state index contributed by atoms with van der Waals surface area (Å²) in [5.41, 5.74) is 1.47. The van der Waals surface area contributed by atoms with Gasteiger partial charge in [-0.3, -0.25) is 10.1 Å². The molecule has 1 aliphatic heterocycles. The third-order valence-corrected chi connectivity index (χ3v) is 4.97. The number of piperidine rings is 1. The highest BCUT2D eigenvalue weighted by Gasteiger charge is 2.28. The first-order chi connectivity index (χ1) is 14.0. The van der Waals surface area contributed by atoms with Crippen LogP contribution in [0.2, 0.25) is 0 Å². The minimum Gasteiger partial charge on any atom is -0.370 e. The van der Waals surface area contributed by atoms with Gasteiger partial charge in [-0.2, -0.15) is 10.2 Å². The Balaban J connectivity index is 1.56. The van der Waals surface area contributed by atoms with E-state index in [0.717, 1.165) is 19.4 Å². The van der Waals surface area contributed by atoms with Crippen molar-refractivity contribution < 1.29 is 13.8 Å². The summed E-state index contributed by atoms with van der Waals surface area (Å²) in [4.78, 5) is 16.9. The van der Waals surface area contributed by atoms with Crippen LogP contribution >= 0.6 is 0 Å². The maximum Gasteiger partial charge on any atom is 0.270 e. The van der Waals surface area contributed by atoms with Crippen LogP contribution in [0.15, 0.2) is 47.0 Å². The lowest BCUT2D eigenvalue weighted by molar-refractivity contribution is -0.384. The SMILES string of the molecule is N#Cc1cc([N+](=O)[O-])ccc1N1CCC[C@H](c2nc(-c3ccc(F)cc3)no2)C1. The van der Waals surface area contributed by atoms with Crippen LogP contribution in [0.3, 0.4) is 0 Å². The molecule has 0 unspecified atom stereocenters. The largest absolute Gasteiger partial charge is 0.370 e. The van der Waals surface area contributed by atoms with Gasteiger partial charge >= 0.3 is 0 Å². The zero-order chi connectivity index (χ0) is 20.4. The molecule has 0 bridgehead atoms. The van der Waals surface area contributed by atoms with Crippen molar-refractivity contribution in [2.75, 3.05) is 18.0 Å². The lowest BCUT2D eigenvalue weighted by atomic mass is 9.96. The second kappa shape index (κ2) is 7.67. The van der Waals surface area contributed by atoms with E-state index >= 15 is 0 Å². The number of nitriles is 1. The van der Waals surface area contributed by atoms with E-state index in [0.29, 0.717) is 29.5 Å². The van der Waals surface area contributed by atoms with Crippen LogP contribution in [0, 0.1) is 27.3 Å². The highest BCUT2D eigenvalue weighted by molar-refractivity contribution is 5.63. The van der Waals surface area contributed by atoms with Crippen LogP contribution in [0.5, 0.6) is 0 Å². The van der Waals surface area contributed by atoms with Crippen molar-refractivity contribution in [1.29, 1.82) is 5.26 Å². The average molecular weight is 393 g/mol. The van der Waals surface area contributed by atoms with Gasteiger partial charge in [0.2, 0.25) is 11.7 Å². The topological polar surface area (TPSA) is 109 Å². The molecule has 1 aromatic heterocycles. The van der Waals surface area contributed by atoms with E-state index in [1.165, 1.54) is 24.3 Å². The van der Waals surface area contributed by atoms with Gasteiger partial charge < -0.3 is 9.42 Å². The zero-order valence-electron chi connectivity index (χ0n) is 15.3. The average Bonchev–Trinajstić information content (AvgIpc) is 3.24. The fourth-order valence-corrected chi connectivity index (χ4v) is 3.52. The first kappa shape index (κ1) is 18.6. The number of non-ortho nitro benzene ring substituents is 1. The van der Waals surface area contributed by atoms with Crippen molar-refractivity contribution in [3.8, 4) is 17.5 Å². The fourth-order valence-electron chi connectivity index (χ4n) is 3.52. The number of halogens is 1. The molecule has 29 heavy (non-hydrogen) atoms. The lowest BCUT2D eigenvalue weighted by Crippen LogP contribution is -2.35. The van der Waals surface area contributed by atoms with Crippen molar-refractivity contribution in [3.05, 3.63) is 69.9 Å². The van der Waals surface area contributed by atoms with Gasteiger partial charge in [0.05, 0.1) is 22.1 Å². The van der Waals surface area contributed by atoms with Crippen LogP contribution in [0.1, 0.15) is 30.2 Å². The first-order valence-electron chi connectivity index (χ1n) is 9.08. The molecule has 8 nitrogen and oxygen atoms in total. The molecule has 0 spiro atoms. The normalized spacial score (nSPS) is 16.4. The predicted molar refractivity (Wildman–Crippen MR) is 102 cm³/mol. The molecule has 0 amide bonds. The van der Waals surface area contributed by atoms with Gasteiger partial charge in [0.15, 0.2) is 0 Å². The summed E-state index contributed by atoms with van der Waals surface area (Å²) in [6, 6.07) is 12.2. The minimum absolute atomic E-state index is 0.0350. The van der Waals surface area contributed by atoms with Crippen molar-refractivity contribution in [1.82, 2.24) is 10.1 Å². The first-order valence-corrected chi connectivity index (χ1v) is 9.08. The molecule has 2 heterocycles. The number of anilines is 1. The third kappa shape index (κ3) is 3.78. The van der Waals surface area contributed by atoms with Crippen LogP contribution in [0.4, 0.5) is 15.8 Å². The number of hydrogen-bond donors (Lipinski definition) is 0. The van der Waals surface area contributed by atoms with E-state index in [2.05, 4.69) is 10.1 Å². The lowest BCUT2D eigenvalue weighted by Gasteiger charge is -2.33. The number of hydrogen-bond acceptors (Lipinski definition) is 7. The van der Waals surface area contributed by atoms with E-state index in [1.54, 1.807) is 18.2 Å². The van der Waals surface area contributed by atoms with Gasteiger partial charge in [0.1, 0.15) is 11.9 Å². The van der Waals surface area contributed by atoms with E-state index in [-0.39, 0.29) is 23.0 Å². The second-order valence-corrected chi connectivity index (χ2v) is 6.82. The maximum atomic E-state index is 13.1. The second-order valence-electron chi connectivity index (χ2n) is 6.82. The Kier molecular flexibility index (Phi) is 4.91. The van der Waals surface area contributed by atoms with Gasteiger partial charge in [-0.25, -0.2) is 4.39 Å². The zero-order valence-corrected chi connectivity index (χ0v) is 15.3. The molecule has 0 N–H and O–H groups in total. The van der Waals surface area contributed by atoms with Crippen LogP contribution < -0.4 is 4.90 Å². The molecule has 1 saturated heterocycles. The third-order valence-electron chi connectivity index (χ3n) is 4.97. The monoisotopic (exact) mass is 393 g/mol. The molecule has 1 atom stereocenters. The van der Waals surface area contributed by atoms with Gasteiger partial charge in [-0.15, -0.1) is 0 Å². The van der Waals surface area contributed by atoms with Crippen LogP contribution in [-0.2, 0) is 0 Å². The molecular formula is C20H16FN5O3. The Bertz CT molecular complexity index is 1090. The number of nitrogens with zero attached hydrogens (tertiary/aromatic N) is 5. The number of nitro benzene ring substituents is 1. The maximum absolute atomic E-state index is 13.1. The Morgan fingerprint density at radius 2 is 2.07 bits per heavy atom. The van der Waals surface area contributed by atoms with E-state index in [9.17, 15) is 19.8 Å². The molecule has 0 radical (unpaired) electrons. The Labute approximate surface area is 165 Å². The highest BCUT2D eigenvalue weighted by Crippen LogP contribution is 2.33. The van der Waals surface area contributed by atoms with Gasteiger partial charge in [-0.1, -0.05) is 5.16 Å². The Morgan fingerprint density at radius 3 is 2.79 bits per heavy atom. The van der Waals surface area contributed by atoms with Crippen molar-refractivity contribution >= 4 is 11.4 Å². The minimum atomic E-state index is -0.515. The molecule has 1 aliphatic rings. The smallest absolute Gasteiger partial charge is 0.270 e. The van der Waals surface area contributed by atoms with Crippen molar-refractivity contribution in [2.45, 2.75) is 18.8 Å². The molecule has 9 heteroatoms. The molecule has 146 valence electrons. The van der Waals surface area contributed by atoms with Gasteiger partial charge in [-0.05, 0) is 43.2 Å². The van der Waals surface area contributed by atoms with Gasteiger partial charge in [0.25, 0.3) is 5.69 Å². The summed E-state index contributed by atoms with van der Waals surface area (Å²) in [6.07, 6.45) is 1.69. The molecule has 0 aliphatic carbocycles. The van der Waals surface area contributed by atoms with Gasteiger partial charge in [0, 0.05) is 30.8 Å². The van der Waals surface area contributed by atoms with Crippen LogP contribution in [0.25, 0.3) is 11.4 Å². The van der Waals surface area contributed by atoms with Crippen LogP contribution in [-0.4, -0.2) is 28.2 Å². The number of rotatable bonds is 4. The number of benzene rings is 2. The summed E-state index contributed by atoms with van der Waals surface area (Å²) in [7, 11) is 0. The highest BCUT2D eigenvalue weighted by atomic mass is 19.1. The molecule has 1 fully saturated rings. The molecular weight excluding hydrogens is 377 g/mol. The van der Waals surface area contributed by atoms with Crippen molar-refractivity contribution in [3.63, 3.8) is 0 Å². The van der Waals surface area contributed by atoms with E-state index in [1.807, 2.05) is 11.0 Å². The number of nitro groups is 1. The molecule has 3 aromatic rings. The number of aromatic nitrogens is 2. The fraction of sp³-hybridized carbons (Fsp3) is 0.250.